The van der Waals surface area contributed by atoms with E-state index < -0.39 is 16.5 Å². The maximum absolute atomic E-state index is 11.7. The first-order valence-electron chi connectivity index (χ1n) is 5.15. The topological polar surface area (TPSA) is 96.1 Å². The number of hydrogen-bond acceptors (Lipinski definition) is 4. The van der Waals surface area contributed by atoms with Crippen LogP contribution < -0.4 is 22.1 Å². The molecule has 0 amide bonds. The number of nitro groups is 1. The van der Waals surface area contributed by atoms with Crippen LogP contribution in [0.25, 0.3) is 12.2 Å². The van der Waals surface area contributed by atoms with E-state index in [-0.39, 0.29) is 5.69 Å². The second-order valence-electron chi connectivity index (χ2n) is 4.49. The highest BCUT2D eigenvalue weighted by Gasteiger charge is 2.43. The molecule has 0 saturated heterocycles. The zero-order valence-electron chi connectivity index (χ0n) is 9.88. The SMILES string of the molecule is Cn1c2c(n(C)c1=O)=CC(C)([N+](=O)[O-])C(N)C=2. The Morgan fingerprint density at radius 2 is 1.94 bits per heavy atom. The first-order valence-corrected chi connectivity index (χ1v) is 5.15. The van der Waals surface area contributed by atoms with Crippen LogP contribution in [0.3, 0.4) is 0 Å². The van der Waals surface area contributed by atoms with Gasteiger partial charge in [-0.25, -0.2) is 4.79 Å². The van der Waals surface area contributed by atoms with Crippen molar-refractivity contribution < 1.29 is 4.92 Å². The summed E-state index contributed by atoms with van der Waals surface area (Å²) in [6.45, 7) is 1.45. The van der Waals surface area contributed by atoms with Crippen molar-refractivity contribution in [3.05, 3.63) is 31.3 Å². The lowest BCUT2D eigenvalue weighted by atomic mass is 9.90. The Labute approximate surface area is 96.6 Å². The largest absolute Gasteiger partial charge is 0.328 e. The molecule has 1 aromatic heterocycles. The average Bonchev–Trinajstić information content (AvgIpc) is 2.46. The smallest absolute Gasteiger partial charge is 0.318 e. The van der Waals surface area contributed by atoms with Crippen LogP contribution >= 0.6 is 0 Å². The third kappa shape index (κ3) is 1.35. The van der Waals surface area contributed by atoms with Gasteiger partial charge in [0, 0.05) is 32.0 Å². The monoisotopic (exact) mass is 238 g/mol. The summed E-state index contributed by atoms with van der Waals surface area (Å²) in [5.74, 6) is 0. The summed E-state index contributed by atoms with van der Waals surface area (Å²) in [7, 11) is 3.20. The highest BCUT2D eigenvalue weighted by Crippen LogP contribution is 2.17. The highest BCUT2D eigenvalue weighted by atomic mass is 16.6. The zero-order valence-corrected chi connectivity index (χ0v) is 9.88. The fourth-order valence-corrected chi connectivity index (χ4v) is 2.03. The minimum atomic E-state index is -1.38. The Morgan fingerprint density at radius 3 is 2.47 bits per heavy atom. The van der Waals surface area contributed by atoms with E-state index in [0.717, 1.165) is 0 Å². The molecule has 1 heterocycles. The van der Waals surface area contributed by atoms with E-state index in [1.54, 1.807) is 20.2 Å². The summed E-state index contributed by atoms with van der Waals surface area (Å²) >= 11 is 0. The van der Waals surface area contributed by atoms with E-state index in [1.807, 2.05) is 0 Å². The minimum absolute atomic E-state index is 0.220. The summed E-state index contributed by atoms with van der Waals surface area (Å²) in [4.78, 5) is 22.4. The zero-order chi connectivity index (χ0) is 13.0. The molecule has 1 aliphatic rings. The van der Waals surface area contributed by atoms with Crippen molar-refractivity contribution in [1.82, 2.24) is 9.13 Å². The fraction of sp³-hybridized carbons (Fsp3) is 0.500. The molecule has 0 bridgehead atoms. The third-order valence-electron chi connectivity index (χ3n) is 3.39. The molecule has 0 fully saturated rings. The van der Waals surface area contributed by atoms with Gasteiger partial charge in [-0.05, 0) is 6.08 Å². The second kappa shape index (κ2) is 3.30. The maximum atomic E-state index is 11.7. The Kier molecular flexibility index (Phi) is 2.25. The van der Waals surface area contributed by atoms with Gasteiger partial charge in [0.25, 0.3) is 5.54 Å². The Hall–Kier alpha value is -1.89. The van der Waals surface area contributed by atoms with Gasteiger partial charge in [-0.2, -0.15) is 0 Å². The molecule has 7 nitrogen and oxygen atoms in total. The molecule has 17 heavy (non-hydrogen) atoms. The number of aromatic nitrogens is 2. The van der Waals surface area contributed by atoms with Crippen molar-refractivity contribution >= 4 is 12.2 Å². The molecule has 1 aromatic rings. The van der Waals surface area contributed by atoms with Gasteiger partial charge in [0.2, 0.25) is 0 Å². The molecular weight excluding hydrogens is 224 g/mol. The van der Waals surface area contributed by atoms with Crippen LogP contribution in [0.15, 0.2) is 4.79 Å². The first kappa shape index (κ1) is 11.6. The van der Waals surface area contributed by atoms with Crippen molar-refractivity contribution in [2.45, 2.75) is 18.5 Å². The van der Waals surface area contributed by atoms with Crippen LogP contribution in [-0.2, 0) is 14.1 Å². The van der Waals surface area contributed by atoms with Crippen molar-refractivity contribution in [2.75, 3.05) is 0 Å². The van der Waals surface area contributed by atoms with Crippen LogP contribution in [-0.4, -0.2) is 25.6 Å². The first-order chi connectivity index (χ1) is 7.79. The Balaban J connectivity index is 2.91. The van der Waals surface area contributed by atoms with Gasteiger partial charge in [0.15, 0.2) is 0 Å². The van der Waals surface area contributed by atoms with E-state index in [9.17, 15) is 14.9 Å². The Bertz CT molecular complexity index is 669. The van der Waals surface area contributed by atoms with Crippen LogP contribution in [0.5, 0.6) is 0 Å². The lowest BCUT2D eigenvalue weighted by Gasteiger charge is -2.23. The standard InChI is InChI=1S/C10H14N4O3/c1-10(14(16)17)5-7-6(4-8(10)11)12(2)9(15)13(7)3/h4-5,8H,11H2,1-3H3. The molecule has 92 valence electrons. The third-order valence-corrected chi connectivity index (χ3v) is 3.39. The minimum Gasteiger partial charge on any atom is -0.318 e. The average molecular weight is 238 g/mol. The summed E-state index contributed by atoms with van der Waals surface area (Å²) < 4.78 is 2.82. The Morgan fingerprint density at radius 1 is 1.41 bits per heavy atom. The summed E-state index contributed by atoms with van der Waals surface area (Å²) in [5, 5.41) is 12.2. The molecule has 2 unspecified atom stereocenters. The van der Waals surface area contributed by atoms with Gasteiger partial charge in [0.1, 0.15) is 6.04 Å². The highest BCUT2D eigenvalue weighted by molar-refractivity contribution is 5.48. The van der Waals surface area contributed by atoms with E-state index in [0.29, 0.717) is 10.7 Å². The van der Waals surface area contributed by atoms with Crippen LogP contribution in [0.2, 0.25) is 0 Å². The van der Waals surface area contributed by atoms with E-state index in [4.69, 9.17) is 5.73 Å². The van der Waals surface area contributed by atoms with E-state index in [2.05, 4.69) is 0 Å². The van der Waals surface area contributed by atoms with Crippen LogP contribution in [0.4, 0.5) is 0 Å². The number of rotatable bonds is 1. The predicted molar refractivity (Wildman–Crippen MR) is 62.2 cm³/mol. The predicted octanol–water partition coefficient (Wildman–Crippen LogP) is -2.34. The van der Waals surface area contributed by atoms with Gasteiger partial charge in [-0.1, -0.05) is 0 Å². The number of hydrogen-bond donors (Lipinski definition) is 1. The second-order valence-corrected chi connectivity index (χ2v) is 4.49. The van der Waals surface area contributed by atoms with Gasteiger partial charge in [0.05, 0.1) is 10.7 Å². The summed E-state index contributed by atoms with van der Waals surface area (Å²) in [6, 6.07) is -0.752. The van der Waals surface area contributed by atoms with Crippen molar-refractivity contribution in [3.63, 3.8) is 0 Å². The van der Waals surface area contributed by atoms with Gasteiger partial charge >= 0.3 is 5.69 Å². The van der Waals surface area contributed by atoms with Gasteiger partial charge in [-0.15, -0.1) is 0 Å². The summed E-state index contributed by atoms with van der Waals surface area (Å²) in [5.41, 5.74) is 4.21. The quantitative estimate of drug-likeness (QED) is 0.438. The normalized spacial score (nSPS) is 26.9. The van der Waals surface area contributed by atoms with Crippen molar-refractivity contribution in [2.24, 2.45) is 19.8 Å². The van der Waals surface area contributed by atoms with Crippen LogP contribution in [0, 0.1) is 10.1 Å². The van der Waals surface area contributed by atoms with Crippen molar-refractivity contribution in [1.29, 1.82) is 0 Å². The lowest BCUT2D eigenvalue weighted by molar-refractivity contribution is -0.545. The molecule has 2 rings (SSSR count). The molecule has 0 saturated carbocycles. The number of nitrogens with zero attached hydrogens (tertiary/aromatic N) is 3. The van der Waals surface area contributed by atoms with Crippen LogP contribution in [0.1, 0.15) is 6.92 Å². The van der Waals surface area contributed by atoms with Gasteiger partial charge in [-0.3, -0.25) is 19.2 Å². The number of imidazole rings is 1. The summed E-state index contributed by atoms with van der Waals surface area (Å²) in [6.07, 6.45) is 3.02. The molecule has 0 aromatic carbocycles. The van der Waals surface area contributed by atoms with E-state index >= 15 is 0 Å². The molecule has 2 atom stereocenters. The molecular formula is C10H14N4O3. The van der Waals surface area contributed by atoms with E-state index in [1.165, 1.54) is 22.1 Å². The van der Waals surface area contributed by atoms with Gasteiger partial charge < -0.3 is 5.73 Å². The molecule has 0 radical (unpaired) electrons. The number of fused-ring (bicyclic) bond motifs is 1. The molecule has 1 aliphatic carbocycles. The maximum Gasteiger partial charge on any atom is 0.328 e. The molecule has 0 spiro atoms. The molecule has 0 aliphatic heterocycles. The van der Waals surface area contributed by atoms with Crippen molar-refractivity contribution in [3.8, 4) is 0 Å². The molecule has 7 heteroatoms. The molecule has 2 N–H and O–H groups in total. The number of nitrogens with two attached hydrogens (primary N) is 1. The lowest BCUT2D eigenvalue weighted by Crippen LogP contribution is -2.55. The fourth-order valence-electron chi connectivity index (χ4n) is 2.03.